The molecule has 3 aromatic carbocycles. The van der Waals surface area contributed by atoms with Gasteiger partial charge in [0.05, 0.1) is 28.2 Å². The molecule has 4 rings (SSSR count). The second-order valence-corrected chi connectivity index (χ2v) is 7.40. The van der Waals surface area contributed by atoms with Crippen molar-refractivity contribution in [3.05, 3.63) is 93.9 Å². The lowest BCUT2D eigenvalue weighted by molar-refractivity contribution is 0.102. The van der Waals surface area contributed by atoms with Crippen molar-refractivity contribution in [3.63, 3.8) is 0 Å². The molecule has 0 saturated heterocycles. The summed E-state index contributed by atoms with van der Waals surface area (Å²) in [5, 5.41) is 11.8. The van der Waals surface area contributed by atoms with Crippen LogP contribution in [0.1, 0.15) is 21.5 Å². The average molecular weight is 400 g/mol. The molecule has 0 saturated carbocycles. The first kappa shape index (κ1) is 18.6. The molecule has 0 unspecified atom stereocenters. The average Bonchev–Trinajstić information content (AvgIpc) is 3.12. The number of nitrogens with zero attached hydrogens (tertiary/aromatic N) is 1. The van der Waals surface area contributed by atoms with Crippen LogP contribution in [0.5, 0.6) is 0 Å². The van der Waals surface area contributed by atoms with E-state index in [1.165, 1.54) is 0 Å². The zero-order chi connectivity index (χ0) is 20.2. The third-order valence-electron chi connectivity index (χ3n) is 4.38. The fraction of sp³-hybridized carbons (Fsp3) is 0.0455. The molecule has 1 amide bonds. The summed E-state index contributed by atoms with van der Waals surface area (Å²) >= 11 is 1.56. The first-order valence-electron chi connectivity index (χ1n) is 8.86. The van der Waals surface area contributed by atoms with Crippen molar-refractivity contribution >= 4 is 34.4 Å². The molecule has 29 heavy (non-hydrogen) atoms. The number of rotatable bonds is 5. The van der Waals surface area contributed by atoms with Gasteiger partial charge in [0.15, 0.2) is 0 Å². The van der Waals surface area contributed by atoms with Crippen LogP contribution in [0.2, 0.25) is 0 Å². The van der Waals surface area contributed by atoms with E-state index in [4.69, 9.17) is 5.26 Å². The van der Waals surface area contributed by atoms with Crippen LogP contribution < -0.4 is 11.0 Å². The Labute approximate surface area is 170 Å². The molecular weight excluding hydrogens is 384 g/mol. The van der Waals surface area contributed by atoms with Crippen molar-refractivity contribution in [2.45, 2.75) is 10.6 Å². The molecule has 0 aliphatic carbocycles. The number of anilines is 1. The monoisotopic (exact) mass is 400 g/mol. The van der Waals surface area contributed by atoms with Crippen molar-refractivity contribution in [2.24, 2.45) is 0 Å². The van der Waals surface area contributed by atoms with E-state index in [2.05, 4.69) is 21.4 Å². The van der Waals surface area contributed by atoms with Gasteiger partial charge in [0.2, 0.25) is 0 Å². The first-order valence-corrected chi connectivity index (χ1v) is 9.85. The van der Waals surface area contributed by atoms with Crippen molar-refractivity contribution < 1.29 is 4.79 Å². The molecule has 3 N–H and O–H groups in total. The predicted molar refractivity (Wildman–Crippen MR) is 114 cm³/mol. The number of thioether (sulfide) groups is 1. The Kier molecular flexibility index (Phi) is 5.18. The van der Waals surface area contributed by atoms with Gasteiger partial charge in [-0.1, -0.05) is 24.3 Å². The number of H-pyrrole nitrogens is 2. The number of nitrogens with one attached hydrogen (secondary N) is 3. The zero-order valence-corrected chi connectivity index (χ0v) is 16.0. The molecule has 142 valence electrons. The van der Waals surface area contributed by atoms with Crippen LogP contribution in [0.25, 0.3) is 11.0 Å². The third-order valence-corrected chi connectivity index (χ3v) is 5.53. The van der Waals surface area contributed by atoms with Gasteiger partial charge in [-0.3, -0.25) is 4.79 Å². The van der Waals surface area contributed by atoms with Gasteiger partial charge in [-0.2, -0.15) is 5.26 Å². The second-order valence-electron chi connectivity index (χ2n) is 6.39. The Hall–Kier alpha value is -3.76. The molecule has 0 spiro atoms. The van der Waals surface area contributed by atoms with Gasteiger partial charge in [-0.25, -0.2) is 4.79 Å². The van der Waals surface area contributed by atoms with Crippen LogP contribution in [0.3, 0.4) is 0 Å². The first-order chi connectivity index (χ1) is 14.1. The summed E-state index contributed by atoms with van der Waals surface area (Å²) in [6.07, 6.45) is 0. The number of amides is 1. The Morgan fingerprint density at radius 1 is 1.00 bits per heavy atom. The SMILES string of the molecule is N#Cc1ccc(CSc2ccccc2C(=O)Nc2ccc3[nH]c(=O)[nH]c3c2)cc1. The Morgan fingerprint density at radius 3 is 2.55 bits per heavy atom. The van der Waals surface area contributed by atoms with E-state index < -0.39 is 0 Å². The number of carbonyl (C=O) groups excluding carboxylic acids is 1. The summed E-state index contributed by atoms with van der Waals surface area (Å²) in [4.78, 5) is 30.5. The largest absolute Gasteiger partial charge is 0.323 e. The van der Waals surface area contributed by atoms with Gasteiger partial charge in [-0.05, 0) is 48.0 Å². The maximum atomic E-state index is 12.8. The number of nitriles is 1. The molecule has 0 aliphatic heterocycles. The molecule has 1 heterocycles. The summed E-state index contributed by atoms with van der Waals surface area (Å²) in [5.74, 6) is 0.470. The third kappa shape index (κ3) is 4.23. The molecule has 0 radical (unpaired) electrons. The molecule has 0 aliphatic rings. The van der Waals surface area contributed by atoms with Gasteiger partial charge in [-0.15, -0.1) is 11.8 Å². The highest BCUT2D eigenvalue weighted by atomic mass is 32.2. The summed E-state index contributed by atoms with van der Waals surface area (Å²) < 4.78 is 0. The van der Waals surface area contributed by atoms with Gasteiger partial charge in [0, 0.05) is 16.3 Å². The quantitative estimate of drug-likeness (QED) is 0.435. The van der Waals surface area contributed by atoms with E-state index in [1.54, 1.807) is 48.2 Å². The standard InChI is InChI=1S/C22H16N4O2S/c23-12-14-5-7-15(8-6-14)13-29-20-4-2-1-3-17(20)21(27)24-16-9-10-18-19(11-16)26-22(28)25-18/h1-11H,13H2,(H,24,27)(H2,25,26,28). The maximum absolute atomic E-state index is 12.8. The molecule has 4 aromatic rings. The van der Waals surface area contributed by atoms with E-state index in [1.807, 2.05) is 30.3 Å². The van der Waals surface area contributed by atoms with Crippen molar-refractivity contribution in [3.8, 4) is 6.07 Å². The van der Waals surface area contributed by atoms with Crippen LogP contribution in [0.15, 0.2) is 76.4 Å². The van der Waals surface area contributed by atoms with E-state index >= 15 is 0 Å². The molecular formula is C22H16N4O2S. The van der Waals surface area contributed by atoms with Gasteiger partial charge in [0.1, 0.15) is 0 Å². The van der Waals surface area contributed by atoms with Crippen LogP contribution in [-0.2, 0) is 5.75 Å². The number of aromatic amines is 2. The van der Waals surface area contributed by atoms with E-state index in [9.17, 15) is 9.59 Å². The zero-order valence-electron chi connectivity index (χ0n) is 15.2. The fourth-order valence-corrected chi connectivity index (χ4v) is 3.93. The maximum Gasteiger partial charge on any atom is 0.323 e. The normalized spacial score (nSPS) is 10.6. The number of hydrogen-bond donors (Lipinski definition) is 3. The number of hydrogen-bond acceptors (Lipinski definition) is 4. The topological polar surface area (TPSA) is 102 Å². The Bertz CT molecular complexity index is 1280. The van der Waals surface area contributed by atoms with E-state index in [0.29, 0.717) is 33.6 Å². The minimum atomic E-state index is -0.284. The van der Waals surface area contributed by atoms with Crippen molar-refractivity contribution in [1.82, 2.24) is 9.97 Å². The lowest BCUT2D eigenvalue weighted by Gasteiger charge is -2.10. The number of benzene rings is 3. The number of imidazole rings is 1. The van der Waals surface area contributed by atoms with Gasteiger partial charge in [0.25, 0.3) is 5.91 Å². The van der Waals surface area contributed by atoms with Crippen LogP contribution in [0, 0.1) is 11.3 Å². The predicted octanol–water partition coefficient (Wildman–Crippen LogP) is 4.27. The van der Waals surface area contributed by atoms with E-state index in [-0.39, 0.29) is 11.6 Å². The summed E-state index contributed by atoms with van der Waals surface area (Å²) in [5.41, 5.74) is 3.92. The molecule has 6 nitrogen and oxygen atoms in total. The van der Waals surface area contributed by atoms with E-state index in [0.717, 1.165) is 10.5 Å². The Morgan fingerprint density at radius 2 is 1.76 bits per heavy atom. The lowest BCUT2D eigenvalue weighted by atomic mass is 10.2. The lowest BCUT2D eigenvalue weighted by Crippen LogP contribution is -2.13. The molecule has 0 fully saturated rings. The van der Waals surface area contributed by atoms with Crippen molar-refractivity contribution in [1.29, 1.82) is 5.26 Å². The smallest absolute Gasteiger partial charge is 0.322 e. The highest BCUT2D eigenvalue weighted by Crippen LogP contribution is 2.27. The summed E-state index contributed by atoms with van der Waals surface area (Å²) in [6, 6.07) is 22.1. The fourth-order valence-electron chi connectivity index (χ4n) is 2.93. The number of aromatic nitrogens is 2. The second kappa shape index (κ2) is 8.09. The van der Waals surface area contributed by atoms with Crippen LogP contribution >= 0.6 is 11.8 Å². The highest BCUT2D eigenvalue weighted by Gasteiger charge is 2.12. The minimum Gasteiger partial charge on any atom is -0.322 e. The molecule has 0 atom stereocenters. The van der Waals surface area contributed by atoms with Crippen LogP contribution in [-0.4, -0.2) is 15.9 Å². The summed E-state index contributed by atoms with van der Waals surface area (Å²) in [6.45, 7) is 0. The number of carbonyl (C=O) groups is 1. The highest BCUT2D eigenvalue weighted by molar-refractivity contribution is 7.98. The van der Waals surface area contributed by atoms with Gasteiger partial charge < -0.3 is 15.3 Å². The Balaban J connectivity index is 1.50. The van der Waals surface area contributed by atoms with Gasteiger partial charge >= 0.3 is 5.69 Å². The minimum absolute atomic E-state index is 0.217. The van der Waals surface area contributed by atoms with Crippen molar-refractivity contribution in [2.75, 3.05) is 5.32 Å². The molecule has 0 bridgehead atoms. The summed E-state index contributed by atoms with van der Waals surface area (Å²) in [7, 11) is 0. The van der Waals surface area contributed by atoms with Crippen LogP contribution in [0.4, 0.5) is 5.69 Å². The molecule has 7 heteroatoms. The molecule has 1 aromatic heterocycles. The number of fused-ring (bicyclic) bond motifs is 1.